The summed E-state index contributed by atoms with van der Waals surface area (Å²) in [4.78, 5) is 13.0. The predicted octanol–water partition coefficient (Wildman–Crippen LogP) is 3.78. The van der Waals surface area contributed by atoms with Gasteiger partial charge in [0.25, 0.3) is 0 Å². The second-order valence-corrected chi connectivity index (χ2v) is 6.09. The van der Waals surface area contributed by atoms with Crippen LogP contribution in [0.2, 0.25) is 0 Å². The van der Waals surface area contributed by atoms with E-state index in [1.165, 1.54) is 12.1 Å². The van der Waals surface area contributed by atoms with E-state index in [-0.39, 0.29) is 6.54 Å². The first-order valence-electron chi connectivity index (χ1n) is 8.02. The van der Waals surface area contributed by atoms with Gasteiger partial charge in [0.2, 0.25) is 0 Å². The Morgan fingerprint density at radius 1 is 1.00 bits per heavy atom. The number of benzene rings is 2. The Bertz CT molecular complexity index is 702. The maximum atomic E-state index is 14.7. The maximum Gasteiger partial charge on any atom is 0.317 e. The third-order valence-corrected chi connectivity index (χ3v) is 4.72. The predicted molar refractivity (Wildman–Crippen MR) is 86.6 cm³/mol. The normalized spacial score (nSPS) is 17.6. The van der Waals surface area contributed by atoms with Crippen LogP contribution < -0.4 is 0 Å². The van der Waals surface area contributed by atoms with Gasteiger partial charge in [0, 0.05) is 11.1 Å². The van der Waals surface area contributed by atoms with Gasteiger partial charge in [-0.1, -0.05) is 36.4 Å². The average Bonchev–Trinajstić information content (AvgIpc) is 2.56. The van der Waals surface area contributed by atoms with Gasteiger partial charge < -0.3 is 5.11 Å². The molecule has 1 saturated heterocycles. The number of hydrogen-bond acceptors (Lipinski definition) is 2. The number of carboxylic acids is 1. The fourth-order valence-corrected chi connectivity index (χ4v) is 3.76. The van der Waals surface area contributed by atoms with E-state index >= 15 is 0 Å². The maximum absolute atomic E-state index is 14.7. The molecule has 5 heteroatoms. The summed E-state index contributed by atoms with van der Waals surface area (Å²) in [5.41, 5.74) is -0.444. The number of nitrogens with zero attached hydrogens (tertiary/aromatic N) is 1. The summed E-state index contributed by atoms with van der Waals surface area (Å²) in [6.45, 7) is 0.220. The van der Waals surface area contributed by atoms with Crippen molar-refractivity contribution in [3.8, 4) is 0 Å². The lowest BCUT2D eigenvalue weighted by molar-refractivity contribution is -0.140. The zero-order chi connectivity index (χ0) is 17.2. The number of halogens is 2. The van der Waals surface area contributed by atoms with E-state index in [9.17, 15) is 18.7 Å². The molecule has 2 aromatic carbocycles. The highest BCUT2D eigenvalue weighted by molar-refractivity contribution is 5.69. The first-order chi connectivity index (χ1) is 11.6. The number of carbonyl (C=O) groups is 1. The minimum absolute atomic E-state index is 0.261. The minimum atomic E-state index is -1.10. The summed E-state index contributed by atoms with van der Waals surface area (Å²) in [7, 11) is 0. The van der Waals surface area contributed by atoms with Crippen molar-refractivity contribution in [2.45, 2.75) is 24.8 Å². The van der Waals surface area contributed by atoms with Crippen LogP contribution in [-0.2, 0) is 10.3 Å². The fourth-order valence-electron chi connectivity index (χ4n) is 3.76. The molecule has 0 aromatic heterocycles. The molecule has 0 aliphatic carbocycles. The van der Waals surface area contributed by atoms with Crippen LogP contribution in [0.4, 0.5) is 8.78 Å². The Labute approximate surface area is 139 Å². The number of likely N-dealkylation sites (tertiary alicyclic amines) is 1. The summed E-state index contributed by atoms with van der Waals surface area (Å²) in [5, 5.41) is 9.30. The first kappa shape index (κ1) is 16.6. The van der Waals surface area contributed by atoms with E-state index in [1.807, 2.05) is 0 Å². The van der Waals surface area contributed by atoms with Gasteiger partial charge >= 0.3 is 5.97 Å². The van der Waals surface area contributed by atoms with Crippen molar-refractivity contribution in [1.29, 1.82) is 0 Å². The van der Waals surface area contributed by atoms with Gasteiger partial charge in [-0.05, 0) is 37.9 Å². The van der Waals surface area contributed by atoms with Gasteiger partial charge in [0.05, 0.1) is 12.1 Å². The summed E-state index contributed by atoms with van der Waals surface area (Å²) in [6.07, 6.45) is 2.05. The number of aliphatic carboxylic acids is 1. The third kappa shape index (κ3) is 2.80. The summed E-state index contributed by atoms with van der Waals surface area (Å²) >= 11 is 0. The van der Waals surface area contributed by atoms with Crippen LogP contribution in [0.15, 0.2) is 48.5 Å². The molecule has 1 heterocycles. The molecule has 0 bridgehead atoms. The molecule has 1 N–H and O–H groups in total. The summed E-state index contributed by atoms with van der Waals surface area (Å²) in [5.74, 6) is -1.90. The average molecular weight is 331 g/mol. The van der Waals surface area contributed by atoms with Crippen LogP contribution in [-0.4, -0.2) is 29.1 Å². The van der Waals surface area contributed by atoms with Gasteiger partial charge in [-0.3, -0.25) is 9.69 Å². The molecule has 1 aliphatic rings. The van der Waals surface area contributed by atoms with Crippen molar-refractivity contribution in [3.63, 3.8) is 0 Å². The molecule has 0 spiro atoms. The van der Waals surface area contributed by atoms with Crippen molar-refractivity contribution < 1.29 is 18.7 Å². The molecule has 1 fully saturated rings. The Morgan fingerprint density at radius 2 is 1.54 bits per heavy atom. The number of carboxylic acid groups (broad SMARTS) is 1. The van der Waals surface area contributed by atoms with E-state index in [4.69, 9.17) is 0 Å². The van der Waals surface area contributed by atoms with Gasteiger partial charge in [0.1, 0.15) is 11.6 Å². The van der Waals surface area contributed by atoms with E-state index in [1.54, 1.807) is 41.3 Å². The highest BCUT2D eigenvalue weighted by Gasteiger charge is 2.45. The Hall–Kier alpha value is -2.27. The lowest BCUT2D eigenvalue weighted by atomic mass is 9.74. The summed E-state index contributed by atoms with van der Waals surface area (Å²) in [6, 6.07) is 12.5. The molecule has 0 saturated carbocycles. The third-order valence-electron chi connectivity index (χ3n) is 4.72. The van der Waals surface area contributed by atoms with Crippen LogP contribution in [0.1, 0.15) is 30.4 Å². The standard InChI is InChI=1S/C19H19F2NO2/c20-16-9-3-1-7-14(16)19(15-8-2-4-10-17(15)21)11-5-6-12-22(19)13-18(23)24/h1-4,7-10H,5-6,11-13H2,(H,23,24). The van der Waals surface area contributed by atoms with E-state index in [0.29, 0.717) is 24.1 Å². The molecular weight excluding hydrogens is 312 g/mol. The van der Waals surface area contributed by atoms with Crippen molar-refractivity contribution in [2.75, 3.05) is 13.1 Å². The highest BCUT2D eigenvalue weighted by atomic mass is 19.1. The van der Waals surface area contributed by atoms with Gasteiger partial charge in [-0.2, -0.15) is 0 Å². The Kier molecular flexibility index (Phi) is 4.62. The van der Waals surface area contributed by atoms with Crippen molar-refractivity contribution in [2.24, 2.45) is 0 Å². The monoisotopic (exact) mass is 331 g/mol. The molecule has 0 atom stereocenters. The second-order valence-electron chi connectivity index (χ2n) is 6.09. The van der Waals surface area contributed by atoms with Crippen LogP contribution in [0.25, 0.3) is 0 Å². The minimum Gasteiger partial charge on any atom is -0.480 e. The molecule has 126 valence electrons. The Balaban J connectivity index is 2.26. The SMILES string of the molecule is O=C(O)CN1CCCCC1(c1ccccc1F)c1ccccc1F. The van der Waals surface area contributed by atoms with Gasteiger partial charge in [-0.25, -0.2) is 8.78 Å². The highest BCUT2D eigenvalue weighted by Crippen LogP contribution is 2.45. The van der Waals surface area contributed by atoms with E-state index < -0.39 is 23.1 Å². The van der Waals surface area contributed by atoms with E-state index in [0.717, 1.165) is 12.8 Å². The molecule has 3 rings (SSSR count). The molecule has 0 radical (unpaired) electrons. The van der Waals surface area contributed by atoms with Crippen molar-refractivity contribution in [1.82, 2.24) is 4.90 Å². The van der Waals surface area contributed by atoms with Crippen LogP contribution in [0.5, 0.6) is 0 Å². The van der Waals surface area contributed by atoms with Crippen molar-refractivity contribution in [3.05, 3.63) is 71.3 Å². The van der Waals surface area contributed by atoms with Crippen LogP contribution >= 0.6 is 0 Å². The second kappa shape index (κ2) is 6.69. The molecule has 0 unspecified atom stereocenters. The van der Waals surface area contributed by atoms with Crippen LogP contribution in [0.3, 0.4) is 0 Å². The summed E-state index contributed by atoms with van der Waals surface area (Å²) < 4.78 is 29.3. The zero-order valence-corrected chi connectivity index (χ0v) is 13.2. The van der Waals surface area contributed by atoms with Gasteiger partial charge in [0.15, 0.2) is 0 Å². The largest absolute Gasteiger partial charge is 0.480 e. The van der Waals surface area contributed by atoms with Gasteiger partial charge in [-0.15, -0.1) is 0 Å². The lowest BCUT2D eigenvalue weighted by Gasteiger charge is -2.47. The number of rotatable bonds is 4. The number of piperidine rings is 1. The molecule has 0 amide bonds. The molecule has 2 aromatic rings. The topological polar surface area (TPSA) is 40.5 Å². The zero-order valence-electron chi connectivity index (χ0n) is 13.2. The molecule has 1 aliphatic heterocycles. The lowest BCUT2D eigenvalue weighted by Crippen LogP contribution is -2.53. The quantitative estimate of drug-likeness (QED) is 0.927. The van der Waals surface area contributed by atoms with Crippen molar-refractivity contribution >= 4 is 5.97 Å². The smallest absolute Gasteiger partial charge is 0.317 e. The van der Waals surface area contributed by atoms with Crippen LogP contribution in [0, 0.1) is 11.6 Å². The number of hydrogen-bond donors (Lipinski definition) is 1. The molecular formula is C19H19F2NO2. The molecule has 24 heavy (non-hydrogen) atoms. The van der Waals surface area contributed by atoms with E-state index in [2.05, 4.69) is 0 Å². The molecule has 3 nitrogen and oxygen atoms in total. The first-order valence-corrected chi connectivity index (χ1v) is 8.02. The Morgan fingerprint density at radius 3 is 2.04 bits per heavy atom. The fraction of sp³-hybridized carbons (Fsp3) is 0.316.